The SMILES string of the molecule is C=C(/N=C\C(C)(C)C)C1=CC(C2C=CC(c3cccc(C)c3)CC2)NC(C/C=C\C)=N1. The summed E-state index contributed by atoms with van der Waals surface area (Å²) in [5.41, 5.74) is 4.38. The first kappa shape index (κ1) is 23.0. The summed E-state index contributed by atoms with van der Waals surface area (Å²) >= 11 is 0. The van der Waals surface area contributed by atoms with Crippen LogP contribution in [0.15, 0.2) is 82.6 Å². The molecule has 0 saturated carbocycles. The van der Waals surface area contributed by atoms with Crippen molar-refractivity contribution in [3.8, 4) is 0 Å². The van der Waals surface area contributed by atoms with E-state index in [1.54, 1.807) is 0 Å². The zero-order valence-electron chi connectivity index (χ0n) is 19.7. The number of nitrogens with one attached hydrogen (secondary N) is 1. The van der Waals surface area contributed by atoms with Gasteiger partial charge in [-0.05, 0) is 43.7 Å². The number of amidine groups is 1. The van der Waals surface area contributed by atoms with Crippen molar-refractivity contribution >= 4 is 12.1 Å². The predicted octanol–water partition coefficient (Wildman–Crippen LogP) is 6.90. The molecule has 0 saturated heterocycles. The molecule has 31 heavy (non-hydrogen) atoms. The van der Waals surface area contributed by atoms with Crippen LogP contribution in [0.3, 0.4) is 0 Å². The highest BCUT2D eigenvalue weighted by molar-refractivity contribution is 5.86. The Balaban J connectivity index is 1.78. The number of hydrogen-bond donors (Lipinski definition) is 1. The van der Waals surface area contributed by atoms with Gasteiger partial charge in [0.05, 0.1) is 17.4 Å². The van der Waals surface area contributed by atoms with E-state index in [0.717, 1.165) is 36.5 Å². The molecule has 1 aliphatic carbocycles. The lowest BCUT2D eigenvalue weighted by atomic mass is 9.80. The van der Waals surface area contributed by atoms with E-state index in [-0.39, 0.29) is 11.5 Å². The average molecular weight is 416 g/mol. The molecular weight excluding hydrogens is 378 g/mol. The van der Waals surface area contributed by atoms with Crippen molar-refractivity contribution in [3.63, 3.8) is 0 Å². The Morgan fingerprint density at radius 1 is 1.26 bits per heavy atom. The van der Waals surface area contributed by atoms with Crippen molar-refractivity contribution in [1.29, 1.82) is 0 Å². The van der Waals surface area contributed by atoms with Crippen LogP contribution in [0.25, 0.3) is 0 Å². The molecule has 0 bridgehead atoms. The number of aryl methyl sites for hydroxylation is 1. The van der Waals surface area contributed by atoms with Crippen LogP contribution in [0, 0.1) is 18.3 Å². The topological polar surface area (TPSA) is 36.8 Å². The number of nitrogens with zero attached hydrogens (tertiary/aromatic N) is 2. The highest BCUT2D eigenvalue weighted by atomic mass is 15.1. The molecule has 2 aliphatic rings. The summed E-state index contributed by atoms with van der Waals surface area (Å²) in [6.07, 6.45) is 16.3. The molecule has 1 N–H and O–H groups in total. The molecule has 1 aromatic rings. The maximum Gasteiger partial charge on any atom is 0.107 e. The van der Waals surface area contributed by atoms with Crippen LogP contribution in [0.2, 0.25) is 0 Å². The Labute approximate surface area is 188 Å². The Hall–Kier alpha value is -2.68. The minimum atomic E-state index is 0.0181. The first-order valence-corrected chi connectivity index (χ1v) is 11.4. The quantitative estimate of drug-likeness (QED) is 0.398. The van der Waals surface area contributed by atoms with Gasteiger partial charge in [0.15, 0.2) is 0 Å². The molecule has 3 atom stereocenters. The van der Waals surface area contributed by atoms with E-state index < -0.39 is 0 Å². The molecule has 3 heteroatoms. The zero-order chi connectivity index (χ0) is 22.4. The fraction of sp³-hybridized carbons (Fsp3) is 0.429. The van der Waals surface area contributed by atoms with Crippen molar-refractivity contribution < 1.29 is 0 Å². The second-order valence-corrected chi connectivity index (χ2v) is 9.77. The predicted molar refractivity (Wildman–Crippen MR) is 135 cm³/mol. The Kier molecular flexibility index (Phi) is 7.48. The molecule has 164 valence electrons. The lowest BCUT2D eigenvalue weighted by molar-refractivity contribution is 0.445. The van der Waals surface area contributed by atoms with Gasteiger partial charge in [-0.25, -0.2) is 4.99 Å². The Morgan fingerprint density at radius 2 is 2.06 bits per heavy atom. The molecule has 0 spiro atoms. The summed E-state index contributed by atoms with van der Waals surface area (Å²) in [6.45, 7) is 14.8. The number of allylic oxidation sites excluding steroid dienone is 2. The molecular formula is C28H37N3. The van der Waals surface area contributed by atoms with Gasteiger partial charge in [-0.1, -0.05) is 81.5 Å². The van der Waals surface area contributed by atoms with Crippen LogP contribution in [-0.2, 0) is 0 Å². The summed E-state index contributed by atoms with van der Waals surface area (Å²) in [5, 5.41) is 3.66. The van der Waals surface area contributed by atoms with Gasteiger partial charge >= 0.3 is 0 Å². The van der Waals surface area contributed by atoms with Gasteiger partial charge in [-0.2, -0.15) is 0 Å². The summed E-state index contributed by atoms with van der Waals surface area (Å²) in [6, 6.07) is 9.10. The maximum absolute atomic E-state index is 4.82. The fourth-order valence-electron chi connectivity index (χ4n) is 4.00. The van der Waals surface area contributed by atoms with Crippen molar-refractivity contribution in [1.82, 2.24) is 5.32 Å². The van der Waals surface area contributed by atoms with E-state index in [4.69, 9.17) is 4.99 Å². The molecule has 0 aromatic heterocycles. The number of benzene rings is 1. The van der Waals surface area contributed by atoms with Gasteiger partial charge in [0, 0.05) is 24.5 Å². The first-order chi connectivity index (χ1) is 14.7. The van der Waals surface area contributed by atoms with E-state index >= 15 is 0 Å². The van der Waals surface area contributed by atoms with Gasteiger partial charge in [-0.3, -0.25) is 4.99 Å². The largest absolute Gasteiger partial charge is 0.366 e. The third-order valence-electron chi connectivity index (χ3n) is 5.71. The average Bonchev–Trinajstić information content (AvgIpc) is 2.75. The Morgan fingerprint density at radius 3 is 2.71 bits per heavy atom. The summed E-state index contributed by atoms with van der Waals surface area (Å²) in [5.74, 6) is 1.93. The maximum atomic E-state index is 4.82. The second-order valence-electron chi connectivity index (χ2n) is 9.77. The third kappa shape index (κ3) is 6.65. The van der Waals surface area contributed by atoms with Crippen molar-refractivity contribution in [2.24, 2.45) is 21.3 Å². The molecule has 3 unspecified atom stereocenters. The van der Waals surface area contributed by atoms with Gasteiger partial charge in [0.2, 0.25) is 0 Å². The summed E-state index contributed by atoms with van der Waals surface area (Å²) < 4.78 is 0. The van der Waals surface area contributed by atoms with Crippen LogP contribution in [0.5, 0.6) is 0 Å². The van der Waals surface area contributed by atoms with Crippen molar-refractivity contribution in [3.05, 3.63) is 83.7 Å². The van der Waals surface area contributed by atoms with E-state index in [1.807, 2.05) is 13.1 Å². The minimum Gasteiger partial charge on any atom is -0.366 e. The third-order valence-corrected chi connectivity index (χ3v) is 5.71. The zero-order valence-corrected chi connectivity index (χ0v) is 19.7. The summed E-state index contributed by atoms with van der Waals surface area (Å²) in [7, 11) is 0. The van der Waals surface area contributed by atoms with Gasteiger partial charge in [0.1, 0.15) is 5.84 Å². The molecule has 0 amide bonds. The van der Waals surface area contributed by atoms with Crippen molar-refractivity contribution in [2.45, 2.75) is 65.8 Å². The Bertz CT molecular complexity index is 937. The second kappa shape index (κ2) is 10.1. The monoisotopic (exact) mass is 415 g/mol. The minimum absolute atomic E-state index is 0.0181. The van der Waals surface area contributed by atoms with E-state index in [0.29, 0.717) is 11.8 Å². The molecule has 3 rings (SSSR count). The lowest BCUT2D eigenvalue weighted by Gasteiger charge is -2.32. The van der Waals surface area contributed by atoms with E-state index in [1.165, 1.54) is 11.1 Å². The molecule has 3 nitrogen and oxygen atoms in total. The van der Waals surface area contributed by atoms with Gasteiger partial charge < -0.3 is 5.32 Å². The normalized spacial score (nSPS) is 24.2. The van der Waals surface area contributed by atoms with Crippen LogP contribution < -0.4 is 5.32 Å². The number of rotatable bonds is 6. The first-order valence-electron chi connectivity index (χ1n) is 11.4. The highest BCUT2D eigenvalue weighted by Gasteiger charge is 2.26. The van der Waals surface area contributed by atoms with E-state index in [9.17, 15) is 0 Å². The number of hydrogen-bond acceptors (Lipinski definition) is 3. The van der Waals surface area contributed by atoms with E-state index in [2.05, 4.69) is 99.2 Å². The van der Waals surface area contributed by atoms with Crippen LogP contribution in [-0.4, -0.2) is 18.1 Å². The smallest absolute Gasteiger partial charge is 0.107 e. The standard InChI is InChI=1S/C28H37N3/c1-7-8-12-27-30-25(21(3)29-19-28(4,5)6)18-26(31-27)23-15-13-22(14-16-23)24-11-9-10-20(2)17-24/h7-11,13,15,17-19,22-23,26H,3,12,14,16H2,1-2,4-6H3,(H,30,31)/b8-7-,29-19-. The fourth-order valence-corrected chi connectivity index (χ4v) is 4.00. The molecule has 0 fully saturated rings. The molecule has 1 aromatic carbocycles. The lowest BCUT2D eigenvalue weighted by Crippen LogP contribution is -2.41. The van der Waals surface area contributed by atoms with Gasteiger partial charge in [0.25, 0.3) is 0 Å². The summed E-state index contributed by atoms with van der Waals surface area (Å²) in [4.78, 5) is 9.43. The molecule has 1 aliphatic heterocycles. The van der Waals surface area contributed by atoms with Gasteiger partial charge in [-0.15, -0.1) is 0 Å². The molecule has 1 heterocycles. The number of aliphatic imine (C=N–C) groups is 2. The van der Waals surface area contributed by atoms with Crippen LogP contribution in [0.1, 0.15) is 64.0 Å². The highest BCUT2D eigenvalue weighted by Crippen LogP contribution is 2.33. The molecule has 0 radical (unpaired) electrons. The van der Waals surface area contributed by atoms with Crippen LogP contribution >= 0.6 is 0 Å². The van der Waals surface area contributed by atoms with Crippen LogP contribution in [0.4, 0.5) is 0 Å². The van der Waals surface area contributed by atoms with Crippen molar-refractivity contribution in [2.75, 3.05) is 0 Å².